The van der Waals surface area contributed by atoms with E-state index in [1.165, 1.54) is 6.42 Å². The van der Waals surface area contributed by atoms with Gasteiger partial charge >= 0.3 is 0 Å². The summed E-state index contributed by atoms with van der Waals surface area (Å²) in [6.45, 7) is 2.70. The Bertz CT molecular complexity index is 347. The van der Waals surface area contributed by atoms with E-state index in [1.54, 1.807) is 0 Å². The molecule has 1 aromatic rings. The number of nitrogens with zero attached hydrogens (tertiary/aromatic N) is 1. The van der Waals surface area contributed by atoms with Crippen LogP contribution in [0, 0.1) is 0 Å². The zero-order valence-corrected chi connectivity index (χ0v) is 9.46. The standard InChI is InChI=1S/C11H12BrNO/c12-10-4-1-3-9(7-10)11(14)8-13-5-2-6-13/h1,3-4,7H,2,5-6,8H2. The van der Waals surface area contributed by atoms with Crippen LogP contribution in [-0.4, -0.2) is 30.3 Å². The van der Waals surface area contributed by atoms with E-state index >= 15 is 0 Å². The number of Topliss-reactive ketones (excluding diaryl/α,β-unsaturated/α-hetero) is 1. The molecule has 1 saturated heterocycles. The Labute approximate surface area is 92.0 Å². The van der Waals surface area contributed by atoms with Crippen molar-refractivity contribution < 1.29 is 4.79 Å². The number of ketones is 1. The van der Waals surface area contributed by atoms with Gasteiger partial charge in [-0.1, -0.05) is 28.1 Å². The van der Waals surface area contributed by atoms with Crippen molar-refractivity contribution in [2.24, 2.45) is 0 Å². The number of likely N-dealkylation sites (tertiary alicyclic amines) is 1. The normalized spacial score (nSPS) is 16.4. The van der Waals surface area contributed by atoms with E-state index in [4.69, 9.17) is 0 Å². The summed E-state index contributed by atoms with van der Waals surface area (Å²) in [4.78, 5) is 13.9. The molecule has 74 valence electrons. The molecule has 0 aromatic heterocycles. The highest BCUT2D eigenvalue weighted by atomic mass is 79.9. The van der Waals surface area contributed by atoms with Gasteiger partial charge in [0.25, 0.3) is 0 Å². The van der Waals surface area contributed by atoms with Crippen LogP contribution in [0.5, 0.6) is 0 Å². The van der Waals surface area contributed by atoms with Crippen LogP contribution >= 0.6 is 15.9 Å². The van der Waals surface area contributed by atoms with Gasteiger partial charge in [0.1, 0.15) is 0 Å². The average molecular weight is 254 g/mol. The molecule has 0 amide bonds. The third-order valence-electron chi connectivity index (χ3n) is 2.46. The lowest BCUT2D eigenvalue weighted by Crippen LogP contribution is -2.40. The van der Waals surface area contributed by atoms with E-state index in [-0.39, 0.29) is 5.78 Å². The van der Waals surface area contributed by atoms with E-state index in [1.807, 2.05) is 24.3 Å². The van der Waals surface area contributed by atoms with Gasteiger partial charge in [0.05, 0.1) is 6.54 Å². The molecule has 0 bridgehead atoms. The largest absolute Gasteiger partial charge is 0.296 e. The molecule has 0 spiro atoms. The first-order valence-electron chi connectivity index (χ1n) is 4.77. The summed E-state index contributed by atoms with van der Waals surface area (Å²) in [5.41, 5.74) is 0.797. The molecule has 0 N–H and O–H groups in total. The fourth-order valence-corrected chi connectivity index (χ4v) is 1.90. The van der Waals surface area contributed by atoms with E-state index in [0.717, 1.165) is 23.1 Å². The second-order valence-electron chi connectivity index (χ2n) is 3.56. The minimum Gasteiger partial charge on any atom is -0.296 e. The van der Waals surface area contributed by atoms with Crippen molar-refractivity contribution in [1.82, 2.24) is 4.90 Å². The molecule has 1 fully saturated rings. The van der Waals surface area contributed by atoms with Gasteiger partial charge in [0.15, 0.2) is 5.78 Å². The van der Waals surface area contributed by atoms with Gasteiger partial charge in [-0.2, -0.15) is 0 Å². The molecular formula is C11H12BrNO. The highest BCUT2D eigenvalue weighted by Crippen LogP contribution is 2.13. The minimum absolute atomic E-state index is 0.214. The van der Waals surface area contributed by atoms with Crippen molar-refractivity contribution in [3.8, 4) is 0 Å². The summed E-state index contributed by atoms with van der Waals surface area (Å²) in [5, 5.41) is 0. The lowest BCUT2D eigenvalue weighted by atomic mass is 10.1. The first-order valence-corrected chi connectivity index (χ1v) is 5.56. The molecule has 0 radical (unpaired) electrons. The van der Waals surface area contributed by atoms with Crippen LogP contribution in [0.25, 0.3) is 0 Å². The number of carbonyl (C=O) groups is 1. The minimum atomic E-state index is 0.214. The fraction of sp³-hybridized carbons (Fsp3) is 0.364. The number of carbonyl (C=O) groups excluding carboxylic acids is 1. The molecule has 0 aliphatic carbocycles. The van der Waals surface area contributed by atoms with Crippen LogP contribution in [0.2, 0.25) is 0 Å². The molecule has 3 heteroatoms. The molecule has 2 rings (SSSR count). The van der Waals surface area contributed by atoms with Gasteiger partial charge in [-0.15, -0.1) is 0 Å². The van der Waals surface area contributed by atoms with Gasteiger partial charge in [0.2, 0.25) is 0 Å². The Hall–Kier alpha value is -0.670. The lowest BCUT2D eigenvalue weighted by molar-refractivity contribution is 0.0875. The molecule has 1 aromatic carbocycles. The molecule has 2 nitrogen and oxygen atoms in total. The first-order chi connectivity index (χ1) is 6.75. The van der Waals surface area contributed by atoms with E-state index in [9.17, 15) is 4.79 Å². The molecule has 0 atom stereocenters. The van der Waals surface area contributed by atoms with Crippen LogP contribution in [0.3, 0.4) is 0 Å². The van der Waals surface area contributed by atoms with Crippen LogP contribution in [0.4, 0.5) is 0 Å². The second kappa shape index (κ2) is 4.24. The number of hydrogen-bond donors (Lipinski definition) is 0. The van der Waals surface area contributed by atoms with Gasteiger partial charge in [0, 0.05) is 10.0 Å². The Morgan fingerprint density at radius 3 is 2.79 bits per heavy atom. The van der Waals surface area contributed by atoms with Gasteiger partial charge in [-0.3, -0.25) is 9.69 Å². The van der Waals surface area contributed by atoms with Crippen molar-refractivity contribution in [3.05, 3.63) is 34.3 Å². The number of rotatable bonds is 3. The fourth-order valence-electron chi connectivity index (χ4n) is 1.50. The summed E-state index contributed by atoms with van der Waals surface area (Å²) >= 11 is 3.36. The summed E-state index contributed by atoms with van der Waals surface area (Å²) in [6, 6.07) is 7.57. The smallest absolute Gasteiger partial charge is 0.176 e. The summed E-state index contributed by atoms with van der Waals surface area (Å²) < 4.78 is 0.965. The van der Waals surface area contributed by atoms with E-state index in [0.29, 0.717) is 6.54 Å². The van der Waals surface area contributed by atoms with Gasteiger partial charge < -0.3 is 0 Å². The predicted molar refractivity (Wildman–Crippen MR) is 59.5 cm³/mol. The van der Waals surface area contributed by atoms with Gasteiger partial charge in [-0.05, 0) is 31.6 Å². The number of halogens is 1. The third kappa shape index (κ3) is 2.22. The third-order valence-corrected chi connectivity index (χ3v) is 2.96. The quantitative estimate of drug-likeness (QED) is 0.771. The van der Waals surface area contributed by atoms with Crippen molar-refractivity contribution in [3.63, 3.8) is 0 Å². The maximum atomic E-state index is 11.7. The Kier molecular flexibility index (Phi) is 2.99. The Balaban J connectivity index is 2.02. The molecule has 1 aliphatic rings. The Morgan fingerprint density at radius 1 is 1.43 bits per heavy atom. The maximum Gasteiger partial charge on any atom is 0.176 e. The molecular weight excluding hydrogens is 242 g/mol. The molecule has 0 unspecified atom stereocenters. The summed E-state index contributed by atoms with van der Waals surface area (Å²) in [6.07, 6.45) is 1.23. The number of hydrogen-bond acceptors (Lipinski definition) is 2. The monoisotopic (exact) mass is 253 g/mol. The molecule has 14 heavy (non-hydrogen) atoms. The molecule has 1 heterocycles. The van der Waals surface area contributed by atoms with E-state index in [2.05, 4.69) is 20.8 Å². The van der Waals surface area contributed by atoms with Crippen LogP contribution in [-0.2, 0) is 0 Å². The SMILES string of the molecule is O=C(CN1CCC1)c1cccc(Br)c1. The second-order valence-corrected chi connectivity index (χ2v) is 4.48. The topological polar surface area (TPSA) is 20.3 Å². The van der Waals surface area contributed by atoms with Crippen molar-refractivity contribution in [2.45, 2.75) is 6.42 Å². The highest BCUT2D eigenvalue weighted by molar-refractivity contribution is 9.10. The summed E-state index contributed by atoms with van der Waals surface area (Å²) in [7, 11) is 0. The number of benzene rings is 1. The maximum absolute atomic E-state index is 11.7. The first kappa shape index (κ1) is 9.87. The average Bonchev–Trinajstić information content (AvgIpc) is 2.11. The van der Waals surface area contributed by atoms with Crippen LogP contribution < -0.4 is 0 Å². The van der Waals surface area contributed by atoms with E-state index < -0.39 is 0 Å². The lowest BCUT2D eigenvalue weighted by Gasteiger charge is -2.29. The highest BCUT2D eigenvalue weighted by Gasteiger charge is 2.17. The van der Waals surface area contributed by atoms with Crippen molar-refractivity contribution in [2.75, 3.05) is 19.6 Å². The molecule has 0 saturated carbocycles. The Morgan fingerprint density at radius 2 is 2.21 bits per heavy atom. The predicted octanol–water partition coefficient (Wildman–Crippen LogP) is 2.34. The van der Waals surface area contributed by atoms with Crippen LogP contribution in [0.15, 0.2) is 28.7 Å². The van der Waals surface area contributed by atoms with Crippen molar-refractivity contribution in [1.29, 1.82) is 0 Å². The summed E-state index contributed by atoms with van der Waals surface area (Å²) in [5.74, 6) is 0.214. The zero-order valence-electron chi connectivity index (χ0n) is 7.87. The van der Waals surface area contributed by atoms with Gasteiger partial charge in [-0.25, -0.2) is 0 Å². The van der Waals surface area contributed by atoms with Crippen molar-refractivity contribution >= 4 is 21.7 Å². The van der Waals surface area contributed by atoms with Crippen LogP contribution in [0.1, 0.15) is 16.8 Å². The zero-order chi connectivity index (χ0) is 9.97. The molecule has 1 aliphatic heterocycles.